The van der Waals surface area contributed by atoms with Crippen LogP contribution in [0.15, 0.2) is 48.6 Å². The molecule has 4 N–H and O–H groups in total. The molecule has 0 spiro atoms. The molecule has 8 nitrogen and oxygen atoms in total. The quantitative estimate of drug-likeness (QED) is 0.0407. The summed E-state index contributed by atoms with van der Waals surface area (Å²) in [4.78, 5) is 24.1. The summed E-state index contributed by atoms with van der Waals surface area (Å²) in [5.41, 5.74) is 0. The van der Waals surface area contributed by atoms with Gasteiger partial charge in [-0.3, -0.25) is 9.59 Å². The predicted molar refractivity (Wildman–Crippen MR) is 177 cm³/mol. The van der Waals surface area contributed by atoms with Gasteiger partial charge in [-0.25, -0.2) is 0 Å². The van der Waals surface area contributed by atoms with E-state index in [9.17, 15) is 30.0 Å². The lowest BCUT2D eigenvalue weighted by Crippen LogP contribution is -2.28. The van der Waals surface area contributed by atoms with Gasteiger partial charge in [0.15, 0.2) is 6.10 Å². The Morgan fingerprint density at radius 3 is 1.75 bits per heavy atom. The Hall–Kier alpha value is -2.26. The fourth-order valence-electron chi connectivity index (χ4n) is 4.46. The molecule has 254 valence electrons. The molecule has 0 aliphatic rings. The van der Waals surface area contributed by atoms with Crippen LogP contribution >= 0.6 is 0 Å². The molecule has 0 unspecified atom stereocenters. The minimum absolute atomic E-state index is 0.0315. The SMILES string of the molecule is CCCCCCCCCCCCC(=O)O[C@@H](CO)COC(=O)CCC[C@@H](O)[C@H](O)/C=C/C=C/C=C\C=C\[C@H](O)CCCCC. The Bertz CT molecular complexity index is 804. The molecule has 0 saturated carbocycles. The molecule has 0 fully saturated rings. The highest BCUT2D eigenvalue weighted by atomic mass is 16.6. The smallest absolute Gasteiger partial charge is 0.306 e. The number of allylic oxidation sites excluding steroid dienone is 6. The molecule has 0 aromatic carbocycles. The highest BCUT2D eigenvalue weighted by Gasteiger charge is 2.17. The van der Waals surface area contributed by atoms with Crippen LogP contribution in [-0.2, 0) is 19.1 Å². The van der Waals surface area contributed by atoms with Gasteiger partial charge in [-0.05, 0) is 25.7 Å². The monoisotopic (exact) mass is 622 g/mol. The number of rotatable bonds is 29. The molecule has 0 saturated heterocycles. The average molecular weight is 623 g/mol. The van der Waals surface area contributed by atoms with Crippen LogP contribution in [0, 0.1) is 0 Å². The minimum atomic E-state index is -1.08. The van der Waals surface area contributed by atoms with E-state index in [2.05, 4.69) is 13.8 Å². The van der Waals surface area contributed by atoms with E-state index in [1.54, 1.807) is 36.5 Å². The Labute approximate surface area is 266 Å². The van der Waals surface area contributed by atoms with Gasteiger partial charge in [0.05, 0.1) is 24.9 Å². The molecule has 44 heavy (non-hydrogen) atoms. The number of carbonyl (C=O) groups excluding carboxylic acids is 2. The standard InChI is InChI=1S/C36H62O8/c1-3-5-7-8-9-10-11-12-17-21-27-36(42)44-32(29-37)30-43-35(41)28-22-26-34(40)33(39)25-20-16-14-13-15-19-24-31(38)23-18-6-4-2/h13-16,19-20,24-25,31-34,37-40H,3-12,17-18,21-23,26-30H2,1-2H3/b15-13-,16-14+,24-19+,25-20+/t31-,32+,33-,34-/m1/s1. The molecule has 0 rings (SSSR count). The third-order valence-corrected chi connectivity index (χ3v) is 7.24. The van der Waals surface area contributed by atoms with E-state index < -0.39 is 43.0 Å². The molecular weight excluding hydrogens is 560 g/mol. The molecule has 0 aromatic heterocycles. The Morgan fingerprint density at radius 2 is 1.14 bits per heavy atom. The number of ether oxygens (including phenoxy) is 2. The zero-order chi connectivity index (χ0) is 32.7. The Kier molecular flexibility index (Phi) is 29.2. The summed E-state index contributed by atoms with van der Waals surface area (Å²) in [6.45, 7) is 3.69. The van der Waals surface area contributed by atoms with Crippen molar-refractivity contribution in [3.63, 3.8) is 0 Å². The molecule has 0 amide bonds. The molecule has 0 aromatic rings. The fraction of sp³-hybridized carbons (Fsp3) is 0.722. The van der Waals surface area contributed by atoms with Gasteiger partial charge in [0.25, 0.3) is 0 Å². The molecular formula is C36H62O8. The average Bonchev–Trinajstić information content (AvgIpc) is 3.01. The number of hydrogen-bond acceptors (Lipinski definition) is 8. The normalized spacial score (nSPS) is 15.0. The molecule has 8 heteroatoms. The van der Waals surface area contributed by atoms with Crippen molar-refractivity contribution in [1.29, 1.82) is 0 Å². The van der Waals surface area contributed by atoms with Crippen molar-refractivity contribution < 1.29 is 39.5 Å². The van der Waals surface area contributed by atoms with Crippen LogP contribution in [0.4, 0.5) is 0 Å². The van der Waals surface area contributed by atoms with Crippen molar-refractivity contribution >= 4 is 11.9 Å². The summed E-state index contributed by atoms with van der Waals surface area (Å²) < 4.78 is 10.4. The van der Waals surface area contributed by atoms with E-state index in [1.165, 1.54) is 51.0 Å². The largest absolute Gasteiger partial charge is 0.462 e. The van der Waals surface area contributed by atoms with E-state index in [-0.39, 0.29) is 25.9 Å². The first kappa shape index (κ1) is 41.7. The molecule has 4 atom stereocenters. The first-order valence-electron chi connectivity index (χ1n) is 17.0. The van der Waals surface area contributed by atoms with Gasteiger partial charge in [0.1, 0.15) is 6.61 Å². The maximum absolute atomic E-state index is 12.1. The Balaban J connectivity index is 4.01. The van der Waals surface area contributed by atoms with Crippen LogP contribution in [-0.4, -0.2) is 70.0 Å². The number of hydrogen-bond donors (Lipinski definition) is 4. The lowest BCUT2D eigenvalue weighted by atomic mass is 10.1. The number of esters is 2. The summed E-state index contributed by atoms with van der Waals surface area (Å²) >= 11 is 0. The fourth-order valence-corrected chi connectivity index (χ4v) is 4.46. The van der Waals surface area contributed by atoms with E-state index in [4.69, 9.17) is 9.47 Å². The third-order valence-electron chi connectivity index (χ3n) is 7.24. The second kappa shape index (κ2) is 30.8. The van der Waals surface area contributed by atoms with Gasteiger partial charge in [-0.15, -0.1) is 0 Å². The summed E-state index contributed by atoms with van der Waals surface area (Å²) in [5, 5.41) is 39.5. The van der Waals surface area contributed by atoms with E-state index >= 15 is 0 Å². The van der Waals surface area contributed by atoms with Crippen LogP contribution < -0.4 is 0 Å². The number of aliphatic hydroxyl groups is 4. The van der Waals surface area contributed by atoms with E-state index in [0.717, 1.165) is 44.9 Å². The highest BCUT2D eigenvalue weighted by molar-refractivity contribution is 5.70. The highest BCUT2D eigenvalue weighted by Crippen LogP contribution is 2.12. The van der Waals surface area contributed by atoms with Gasteiger partial charge in [-0.1, -0.05) is 140 Å². The molecule has 0 aliphatic carbocycles. The van der Waals surface area contributed by atoms with Crippen molar-refractivity contribution in [2.75, 3.05) is 13.2 Å². The van der Waals surface area contributed by atoms with Crippen LogP contribution in [0.5, 0.6) is 0 Å². The van der Waals surface area contributed by atoms with E-state index in [1.807, 2.05) is 6.08 Å². The first-order chi connectivity index (χ1) is 21.3. The Morgan fingerprint density at radius 1 is 0.614 bits per heavy atom. The van der Waals surface area contributed by atoms with Crippen molar-refractivity contribution in [2.24, 2.45) is 0 Å². The lowest BCUT2D eigenvalue weighted by Gasteiger charge is -2.16. The van der Waals surface area contributed by atoms with Gasteiger partial charge in [0, 0.05) is 12.8 Å². The molecule has 0 heterocycles. The van der Waals surface area contributed by atoms with Gasteiger partial charge in [-0.2, -0.15) is 0 Å². The first-order valence-corrected chi connectivity index (χ1v) is 17.0. The van der Waals surface area contributed by atoms with Gasteiger partial charge < -0.3 is 29.9 Å². The minimum Gasteiger partial charge on any atom is -0.462 e. The molecule has 0 bridgehead atoms. The second-order valence-electron chi connectivity index (χ2n) is 11.5. The van der Waals surface area contributed by atoms with Gasteiger partial charge in [0.2, 0.25) is 0 Å². The van der Waals surface area contributed by atoms with Crippen LogP contribution in [0.1, 0.15) is 129 Å². The van der Waals surface area contributed by atoms with Crippen molar-refractivity contribution in [1.82, 2.24) is 0 Å². The van der Waals surface area contributed by atoms with Crippen molar-refractivity contribution in [3.05, 3.63) is 48.6 Å². The number of carbonyl (C=O) groups is 2. The van der Waals surface area contributed by atoms with Crippen molar-refractivity contribution in [3.8, 4) is 0 Å². The van der Waals surface area contributed by atoms with Crippen molar-refractivity contribution in [2.45, 2.75) is 154 Å². The number of aliphatic hydroxyl groups excluding tert-OH is 4. The van der Waals surface area contributed by atoms with Gasteiger partial charge >= 0.3 is 11.9 Å². The maximum Gasteiger partial charge on any atom is 0.306 e. The zero-order valence-electron chi connectivity index (χ0n) is 27.5. The summed E-state index contributed by atoms with van der Waals surface area (Å²) in [6, 6.07) is 0. The zero-order valence-corrected chi connectivity index (χ0v) is 27.5. The summed E-state index contributed by atoms with van der Waals surface area (Å²) in [6.07, 6.45) is 26.9. The van der Waals surface area contributed by atoms with Crippen LogP contribution in [0.25, 0.3) is 0 Å². The molecule has 0 aliphatic heterocycles. The van der Waals surface area contributed by atoms with E-state index in [0.29, 0.717) is 6.42 Å². The predicted octanol–water partition coefficient (Wildman–Crippen LogP) is 6.80. The maximum atomic E-state index is 12.1. The summed E-state index contributed by atoms with van der Waals surface area (Å²) in [5.74, 6) is -0.927. The topological polar surface area (TPSA) is 134 Å². The third kappa shape index (κ3) is 27.3. The molecule has 0 radical (unpaired) electrons. The van der Waals surface area contributed by atoms with Crippen LogP contribution in [0.3, 0.4) is 0 Å². The number of unbranched alkanes of at least 4 members (excludes halogenated alkanes) is 11. The second-order valence-corrected chi connectivity index (χ2v) is 11.5. The summed E-state index contributed by atoms with van der Waals surface area (Å²) in [7, 11) is 0. The van der Waals surface area contributed by atoms with Crippen LogP contribution in [0.2, 0.25) is 0 Å². The lowest BCUT2D eigenvalue weighted by molar-refractivity contribution is -0.161.